The number of nitrogens with zero attached hydrogens (tertiary/aromatic N) is 2. The van der Waals surface area contributed by atoms with Crippen molar-refractivity contribution in [2.24, 2.45) is 0 Å². The lowest BCUT2D eigenvalue weighted by Gasteiger charge is -2.11. The minimum Gasteiger partial charge on any atom is -0.497 e. The molecule has 0 aliphatic rings. The van der Waals surface area contributed by atoms with E-state index in [0.717, 1.165) is 28.1 Å². The van der Waals surface area contributed by atoms with Gasteiger partial charge in [-0.3, -0.25) is 4.79 Å². The van der Waals surface area contributed by atoms with Gasteiger partial charge in [-0.1, -0.05) is 60.3 Å². The van der Waals surface area contributed by atoms with Crippen molar-refractivity contribution < 1.29 is 19.2 Å². The maximum absolute atomic E-state index is 12.9. The fraction of sp³-hybridized carbons (Fsp3) is 0.207. The summed E-state index contributed by atoms with van der Waals surface area (Å²) < 4.78 is 5.24. The van der Waals surface area contributed by atoms with Crippen LogP contribution < -0.4 is 14.9 Å². The Labute approximate surface area is 210 Å². The molecular weight excluding hydrogens is 454 g/mol. The molecule has 1 amide bonds. The highest BCUT2D eigenvalue weighted by Crippen LogP contribution is 2.28. The smallest absolute Gasteiger partial charge is 0.334 e. The third kappa shape index (κ3) is 5.81. The molecule has 0 unspecified atom stereocenters. The van der Waals surface area contributed by atoms with E-state index in [-0.39, 0.29) is 11.9 Å². The summed E-state index contributed by atoms with van der Waals surface area (Å²) in [6.07, 6.45) is 1.52. The maximum atomic E-state index is 12.9. The molecule has 1 heterocycles. The second kappa shape index (κ2) is 11.4. The molecule has 7 nitrogen and oxygen atoms in total. The Bertz CT molecular complexity index is 1360. The third-order valence-electron chi connectivity index (χ3n) is 5.74. The Hall–Kier alpha value is -4.39. The second-order valence-corrected chi connectivity index (χ2v) is 8.43. The van der Waals surface area contributed by atoms with Gasteiger partial charge < -0.3 is 14.9 Å². The van der Waals surface area contributed by atoms with Crippen LogP contribution in [0.2, 0.25) is 0 Å². The number of ether oxygens (including phenoxy) is 1. The van der Waals surface area contributed by atoms with Gasteiger partial charge in [0.05, 0.1) is 12.8 Å². The van der Waals surface area contributed by atoms with Gasteiger partial charge in [0.1, 0.15) is 11.4 Å². The van der Waals surface area contributed by atoms with Crippen molar-refractivity contribution in [3.63, 3.8) is 0 Å². The van der Waals surface area contributed by atoms with E-state index >= 15 is 0 Å². The molecule has 184 valence electrons. The number of anilines is 1. The monoisotopic (exact) mass is 483 g/mol. The Morgan fingerprint density at radius 2 is 1.75 bits per heavy atom. The number of benzene rings is 3. The van der Waals surface area contributed by atoms with Crippen molar-refractivity contribution in [1.29, 1.82) is 0 Å². The fourth-order valence-electron chi connectivity index (χ4n) is 3.97. The van der Waals surface area contributed by atoms with Crippen molar-refractivity contribution >= 4 is 17.6 Å². The Morgan fingerprint density at radius 1 is 0.972 bits per heavy atom. The lowest BCUT2D eigenvalue weighted by molar-refractivity contribution is -0.145. The van der Waals surface area contributed by atoms with E-state index in [0.29, 0.717) is 36.3 Å². The number of nitrogens with one attached hydrogen (secondary N) is 1. The Balaban J connectivity index is 1.63. The van der Waals surface area contributed by atoms with Gasteiger partial charge in [-0.25, -0.2) is 4.79 Å². The average molecular weight is 484 g/mol. The Kier molecular flexibility index (Phi) is 7.80. The van der Waals surface area contributed by atoms with Crippen molar-refractivity contribution in [2.45, 2.75) is 33.1 Å². The molecule has 4 rings (SSSR count). The van der Waals surface area contributed by atoms with Crippen LogP contribution in [0.4, 0.5) is 5.69 Å². The van der Waals surface area contributed by atoms with Gasteiger partial charge in [0.15, 0.2) is 0 Å². The van der Waals surface area contributed by atoms with Crippen LogP contribution in [0.5, 0.6) is 5.75 Å². The summed E-state index contributed by atoms with van der Waals surface area (Å²) in [5.74, 6) is 0.122. The number of methoxy groups -OCH3 is 1. The third-order valence-corrected chi connectivity index (χ3v) is 5.74. The molecule has 7 heteroatoms. The number of carbonyl (C=O) groups excluding carboxylic acids is 2. The quantitative estimate of drug-likeness (QED) is 0.342. The van der Waals surface area contributed by atoms with E-state index in [1.54, 1.807) is 19.2 Å². The largest absolute Gasteiger partial charge is 0.497 e. The Morgan fingerprint density at radius 3 is 2.50 bits per heavy atom. The second-order valence-electron chi connectivity index (χ2n) is 8.43. The summed E-state index contributed by atoms with van der Waals surface area (Å²) in [5.41, 5.74) is 5.43. The van der Waals surface area contributed by atoms with E-state index in [2.05, 4.69) is 10.4 Å². The lowest BCUT2D eigenvalue weighted by Crippen LogP contribution is -2.21. The average Bonchev–Trinajstić information content (AvgIpc) is 3.18. The van der Waals surface area contributed by atoms with E-state index in [1.807, 2.05) is 80.6 Å². The maximum Gasteiger partial charge on any atom is 0.334 e. The summed E-state index contributed by atoms with van der Waals surface area (Å²) in [7, 11) is 1.59. The van der Waals surface area contributed by atoms with Crippen LogP contribution in [0, 0.1) is 6.92 Å². The number of amides is 1. The molecule has 3 aromatic carbocycles. The van der Waals surface area contributed by atoms with Crippen LogP contribution in [0.25, 0.3) is 11.3 Å². The minimum absolute atomic E-state index is 0.214. The summed E-state index contributed by atoms with van der Waals surface area (Å²) in [4.78, 5) is 32.1. The normalized spacial score (nSPS) is 10.6. The number of aryl methyl sites for hydroxylation is 1. The summed E-state index contributed by atoms with van der Waals surface area (Å²) in [5, 5.41) is 7.43. The first-order valence-electron chi connectivity index (χ1n) is 11.9. The molecule has 1 aromatic heterocycles. The van der Waals surface area contributed by atoms with Crippen molar-refractivity contribution in [3.8, 4) is 17.0 Å². The van der Waals surface area contributed by atoms with E-state index in [1.165, 1.54) is 4.85 Å². The fourth-order valence-corrected chi connectivity index (χ4v) is 3.97. The van der Waals surface area contributed by atoms with Gasteiger partial charge in [-0.05, 0) is 43.2 Å². The van der Waals surface area contributed by atoms with Crippen LogP contribution in [0.3, 0.4) is 0 Å². The standard InChI is InChI=1S/C29H29N3O4/c1-4-10-27(33)36-32-28(22-12-6-5-7-13-22)26(20(2)31-32)18-21-11-8-14-23(17-21)29(34)30-24-15-9-16-25(19-24)35-3/h5-9,11-17,19H,4,10,18H2,1-3H3,(H,30,34). The topological polar surface area (TPSA) is 82.5 Å². The van der Waals surface area contributed by atoms with Crippen molar-refractivity contribution in [1.82, 2.24) is 9.94 Å². The van der Waals surface area contributed by atoms with Crippen molar-refractivity contribution in [3.05, 3.63) is 101 Å². The number of carbonyl (C=O) groups is 2. The molecule has 4 aromatic rings. The summed E-state index contributed by atoms with van der Waals surface area (Å²) in [6.45, 7) is 3.82. The van der Waals surface area contributed by atoms with E-state index < -0.39 is 0 Å². The number of hydrogen-bond acceptors (Lipinski definition) is 5. The van der Waals surface area contributed by atoms with Gasteiger partial charge in [-0.15, -0.1) is 5.10 Å². The summed E-state index contributed by atoms with van der Waals surface area (Å²) >= 11 is 0. The van der Waals surface area contributed by atoms with Gasteiger partial charge in [0.2, 0.25) is 0 Å². The molecule has 0 aliphatic carbocycles. The highest BCUT2D eigenvalue weighted by atomic mass is 16.7. The molecule has 0 saturated carbocycles. The van der Waals surface area contributed by atoms with Crippen LogP contribution >= 0.6 is 0 Å². The van der Waals surface area contributed by atoms with Gasteiger partial charge in [0.25, 0.3) is 5.91 Å². The summed E-state index contributed by atoms with van der Waals surface area (Å²) in [6, 6.07) is 24.4. The zero-order valence-electron chi connectivity index (χ0n) is 20.7. The van der Waals surface area contributed by atoms with Crippen molar-refractivity contribution in [2.75, 3.05) is 12.4 Å². The molecule has 0 spiro atoms. The first-order valence-corrected chi connectivity index (χ1v) is 11.9. The lowest BCUT2D eigenvalue weighted by atomic mass is 9.98. The zero-order valence-corrected chi connectivity index (χ0v) is 20.7. The SMILES string of the molecule is CCCC(=O)On1nc(C)c(Cc2cccc(C(=O)Nc3cccc(OC)c3)c2)c1-c1ccccc1. The number of aromatic nitrogens is 2. The first-order chi connectivity index (χ1) is 17.5. The highest BCUT2D eigenvalue weighted by molar-refractivity contribution is 6.04. The molecular formula is C29H29N3O4. The first kappa shape index (κ1) is 24.7. The van der Waals surface area contributed by atoms with Crippen LogP contribution in [0.1, 0.15) is 46.9 Å². The highest BCUT2D eigenvalue weighted by Gasteiger charge is 2.20. The molecule has 1 N–H and O–H groups in total. The molecule has 0 saturated heterocycles. The molecule has 36 heavy (non-hydrogen) atoms. The minimum atomic E-state index is -0.333. The molecule has 0 fully saturated rings. The number of hydrogen-bond donors (Lipinski definition) is 1. The van der Waals surface area contributed by atoms with Gasteiger partial charge >= 0.3 is 5.97 Å². The van der Waals surface area contributed by atoms with E-state index in [4.69, 9.17) is 9.57 Å². The molecule has 0 bridgehead atoms. The number of rotatable bonds is 9. The van der Waals surface area contributed by atoms with Crippen LogP contribution in [-0.2, 0) is 11.2 Å². The van der Waals surface area contributed by atoms with Crippen LogP contribution in [-0.4, -0.2) is 28.9 Å². The van der Waals surface area contributed by atoms with Crippen LogP contribution in [0.15, 0.2) is 78.9 Å². The van der Waals surface area contributed by atoms with Gasteiger partial charge in [0, 0.05) is 41.3 Å². The van der Waals surface area contributed by atoms with E-state index in [9.17, 15) is 9.59 Å². The zero-order chi connectivity index (χ0) is 25.5. The predicted molar refractivity (Wildman–Crippen MR) is 139 cm³/mol. The molecule has 0 radical (unpaired) electrons. The predicted octanol–water partition coefficient (Wildman–Crippen LogP) is 5.47. The van der Waals surface area contributed by atoms with Gasteiger partial charge in [-0.2, -0.15) is 0 Å². The molecule has 0 aliphatic heterocycles. The molecule has 0 atom stereocenters.